The smallest absolute Gasteiger partial charge is 0.341 e. The van der Waals surface area contributed by atoms with E-state index in [9.17, 15) is 30.7 Å². The third kappa shape index (κ3) is 3.30. The van der Waals surface area contributed by atoms with E-state index in [1.807, 2.05) is 0 Å². The summed E-state index contributed by atoms with van der Waals surface area (Å²) < 4.78 is 98.8. The zero-order valence-electron chi connectivity index (χ0n) is 13.5. The molecule has 2 aliphatic carbocycles. The predicted molar refractivity (Wildman–Crippen MR) is 74.3 cm³/mol. The summed E-state index contributed by atoms with van der Waals surface area (Å²) in [6.45, 7) is 0.144. The maximum absolute atomic E-state index is 13.8. The van der Waals surface area contributed by atoms with E-state index in [0.29, 0.717) is 6.42 Å². The Morgan fingerprint density at radius 3 is 2.08 bits per heavy atom. The molecule has 1 spiro atoms. The van der Waals surface area contributed by atoms with Crippen molar-refractivity contribution in [3.05, 3.63) is 17.0 Å². The van der Waals surface area contributed by atoms with Crippen LogP contribution in [0.4, 0.5) is 30.7 Å². The first-order chi connectivity index (χ1) is 12.2. The van der Waals surface area contributed by atoms with Crippen LogP contribution in [0.25, 0.3) is 0 Å². The Kier molecular flexibility index (Phi) is 5.22. The lowest BCUT2D eigenvalue weighted by molar-refractivity contribution is -0.207. The van der Waals surface area contributed by atoms with E-state index in [-0.39, 0.29) is 43.7 Å². The minimum Gasteiger partial charge on any atom is -0.341 e. The molecule has 1 aliphatic heterocycles. The van der Waals surface area contributed by atoms with Gasteiger partial charge in [0.25, 0.3) is 0 Å². The third-order valence-corrected chi connectivity index (χ3v) is 4.62. The molecule has 1 aromatic heterocycles. The Morgan fingerprint density at radius 2 is 1.58 bits per heavy atom. The Bertz CT molecular complexity index is 620. The molecule has 0 amide bonds. The Balaban J connectivity index is 0.000000185. The van der Waals surface area contributed by atoms with Crippen LogP contribution in [0.15, 0.2) is 0 Å². The molecule has 1 saturated carbocycles. The molecule has 1 saturated heterocycles. The van der Waals surface area contributed by atoms with Gasteiger partial charge in [0.15, 0.2) is 18.0 Å². The van der Waals surface area contributed by atoms with E-state index in [1.165, 1.54) is 0 Å². The summed E-state index contributed by atoms with van der Waals surface area (Å²) in [5, 5.41) is 5.39. The van der Waals surface area contributed by atoms with Crippen molar-refractivity contribution in [2.24, 2.45) is 0 Å². The van der Waals surface area contributed by atoms with Crippen molar-refractivity contribution in [3.63, 3.8) is 0 Å². The minimum atomic E-state index is -4.66. The average Bonchev–Trinajstić information content (AvgIpc) is 3.24. The number of alkyl halides is 7. The Morgan fingerprint density at radius 1 is 1.00 bits per heavy atom. The highest BCUT2D eigenvalue weighted by atomic mass is 19.4. The second-order valence-corrected chi connectivity index (χ2v) is 6.37. The van der Waals surface area contributed by atoms with Gasteiger partial charge in [-0.3, -0.25) is 5.10 Å². The zero-order chi connectivity index (χ0) is 19.1. The van der Waals surface area contributed by atoms with E-state index in [0.717, 1.165) is 0 Å². The van der Waals surface area contributed by atoms with Crippen molar-refractivity contribution in [2.75, 3.05) is 13.2 Å². The van der Waals surface area contributed by atoms with Gasteiger partial charge in [0.1, 0.15) is 12.3 Å². The fourth-order valence-electron chi connectivity index (χ4n) is 3.38. The lowest BCUT2D eigenvalue weighted by atomic mass is 9.95. The van der Waals surface area contributed by atoms with Gasteiger partial charge in [0.2, 0.25) is 5.79 Å². The number of rotatable bonds is 0. The van der Waals surface area contributed by atoms with Crippen LogP contribution in [0.5, 0.6) is 0 Å². The molecular formula is C15H17F7N2O2. The number of aromatic nitrogens is 2. The molecule has 148 valence electrons. The molecule has 3 aliphatic rings. The van der Waals surface area contributed by atoms with E-state index in [4.69, 9.17) is 9.47 Å². The summed E-state index contributed by atoms with van der Waals surface area (Å²) in [4.78, 5) is 0. The molecule has 11 heteroatoms. The number of aromatic amines is 1. The van der Waals surface area contributed by atoms with Crippen molar-refractivity contribution in [2.45, 2.75) is 62.3 Å². The van der Waals surface area contributed by atoms with Gasteiger partial charge in [-0.2, -0.15) is 18.3 Å². The maximum atomic E-state index is 13.8. The lowest BCUT2D eigenvalue weighted by Crippen LogP contribution is -2.36. The highest BCUT2D eigenvalue weighted by Crippen LogP contribution is 2.49. The van der Waals surface area contributed by atoms with E-state index < -0.39 is 42.3 Å². The summed E-state index contributed by atoms with van der Waals surface area (Å²) >= 11 is 0. The molecule has 0 bridgehead atoms. The predicted octanol–water partition coefficient (Wildman–Crippen LogP) is 3.71. The van der Waals surface area contributed by atoms with Crippen LogP contribution >= 0.6 is 0 Å². The maximum Gasteiger partial charge on any atom is 0.435 e. The monoisotopic (exact) mass is 390 g/mol. The summed E-state index contributed by atoms with van der Waals surface area (Å²) in [5.41, 5.74) is -1.41. The largest absolute Gasteiger partial charge is 0.435 e. The van der Waals surface area contributed by atoms with E-state index >= 15 is 0 Å². The van der Waals surface area contributed by atoms with Crippen LogP contribution in [0.1, 0.15) is 36.2 Å². The number of nitrogens with zero attached hydrogens (tertiary/aromatic N) is 1. The van der Waals surface area contributed by atoms with Crippen LogP contribution in [0, 0.1) is 0 Å². The standard InChI is InChI=1S/C9H8F4N2O2.C6H9F3/c10-5-3-4-6(8(5)16-1-2-17-8)7(15-14-4)9(11,12)13;7-4-2-1-3-5(8)6(4)9/h5H,1-3H2,(H,14,15);4-6H,1-3H2. The van der Waals surface area contributed by atoms with Gasteiger partial charge < -0.3 is 9.47 Å². The molecule has 1 N–H and O–H groups in total. The molecule has 4 nitrogen and oxygen atoms in total. The van der Waals surface area contributed by atoms with Crippen LogP contribution < -0.4 is 0 Å². The quantitative estimate of drug-likeness (QED) is 0.688. The van der Waals surface area contributed by atoms with Gasteiger partial charge in [-0.1, -0.05) is 0 Å². The summed E-state index contributed by atoms with van der Waals surface area (Å²) in [6.07, 6.45) is -10.7. The second kappa shape index (κ2) is 6.99. The van der Waals surface area contributed by atoms with Gasteiger partial charge in [0.05, 0.1) is 18.8 Å². The van der Waals surface area contributed by atoms with Gasteiger partial charge in [-0.05, 0) is 19.3 Å². The highest BCUT2D eigenvalue weighted by molar-refractivity contribution is 5.39. The molecule has 0 radical (unpaired) electrons. The highest BCUT2D eigenvalue weighted by Gasteiger charge is 2.58. The molecule has 2 heterocycles. The first kappa shape index (κ1) is 19.4. The normalized spacial score (nSPS) is 33.0. The third-order valence-electron chi connectivity index (χ3n) is 4.62. The number of hydrogen-bond donors (Lipinski definition) is 1. The Hall–Kier alpha value is -1.36. The molecule has 3 unspecified atom stereocenters. The van der Waals surface area contributed by atoms with Gasteiger partial charge in [-0.15, -0.1) is 0 Å². The molecule has 4 rings (SSSR count). The topological polar surface area (TPSA) is 47.1 Å². The number of nitrogens with one attached hydrogen (secondary N) is 1. The van der Waals surface area contributed by atoms with E-state index in [2.05, 4.69) is 10.2 Å². The fourth-order valence-corrected chi connectivity index (χ4v) is 3.38. The summed E-state index contributed by atoms with van der Waals surface area (Å²) in [7, 11) is 0. The summed E-state index contributed by atoms with van der Waals surface area (Å²) in [6, 6.07) is 0. The molecular weight excluding hydrogens is 373 g/mol. The van der Waals surface area contributed by atoms with Gasteiger partial charge in [0, 0.05) is 12.1 Å². The average molecular weight is 390 g/mol. The van der Waals surface area contributed by atoms with E-state index in [1.54, 1.807) is 0 Å². The number of halogens is 7. The second-order valence-electron chi connectivity index (χ2n) is 6.37. The van der Waals surface area contributed by atoms with Crippen molar-refractivity contribution >= 4 is 0 Å². The number of fused-ring (bicyclic) bond motifs is 2. The molecule has 2 fully saturated rings. The lowest BCUT2D eigenvalue weighted by Gasteiger charge is -2.25. The number of H-pyrrole nitrogens is 1. The zero-order valence-corrected chi connectivity index (χ0v) is 13.5. The fraction of sp³-hybridized carbons (Fsp3) is 0.800. The van der Waals surface area contributed by atoms with Crippen molar-refractivity contribution in [1.82, 2.24) is 10.2 Å². The SMILES string of the molecule is FC1CCCC(F)C1F.FC1Cc2[nH]nc(C(F)(F)F)c2C12OCCO2. The van der Waals surface area contributed by atoms with Crippen LogP contribution in [-0.2, 0) is 27.9 Å². The molecule has 3 atom stereocenters. The number of ether oxygens (including phenoxy) is 2. The summed E-state index contributed by atoms with van der Waals surface area (Å²) in [5.74, 6) is -1.92. The van der Waals surface area contributed by atoms with Crippen LogP contribution in [-0.4, -0.2) is 48.1 Å². The molecule has 0 aromatic carbocycles. The first-order valence-electron chi connectivity index (χ1n) is 8.16. The molecule has 26 heavy (non-hydrogen) atoms. The first-order valence-corrected chi connectivity index (χ1v) is 8.16. The van der Waals surface area contributed by atoms with Crippen molar-refractivity contribution in [3.8, 4) is 0 Å². The van der Waals surface area contributed by atoms with Gasteiger partial charge in [-0.25, -0.2) is 17.6 Å². The Labute approximate surface area is 144 Å². The van der Waals surface area contributed by atoms with Crippen LogP contribution in [0.2, 0.25) is 0 Å². The minimum absolute atomic E-state index is 0.0718. The van der Waals surface area contributed by atoms with Crippen LogP contribution in [0.3, 0.4) is 0 Å². The van der Waals surface area contributed by atoms with Crippen molar-refractivity contribution < 1.29 is 40.2 Å². The number of hydrogen-bond acceptors (Lipinski definition) is 3. The molecule has 1 aromatic rings. The van der Waals surface area contributed by atoms with Gasteiger partial charge >= 0.3 is 6.18 Å². The van der Waals surface area contributed by atoms with Crippen molar-refractivity contribution in [1.29, 1.82) is 0 Å².